The first kappa shape index (κ1) is 26.8. The third-order valence-electron chi connectivity index (χ3n) is 6.06. The highest BCUT2D eigenvalue weighted by atomic mass is 32.2. The van der Waals surface area contributed by atoms with Gasteiger partial charge in [-0.2, -0.15) is 0 Å². The maximum atomic E-state index is 13.1. The lowest BCUT2D eigenvalue weighted by atomic mass is 10.1. The number of aryl methyl sites for hydroxylation is 3. The van der Waals surface area contributed by atoms with Gasteiger partial charge in [-0.25, -0.2) is 23.1 Å². The average molecular weight is 531 g/mol. The van der Waals surface area contributed by atoms with E-state index < -0.39 is 10.0 Å². The number of H-pyrrole nitrogens is 1. The molecule has 10 heteroatoms. The van der Waals surface area contributed by atoms with Crippen LogP contribution in [-0.2, 0) is 22.9 Å². The number of aromatic amines is 1. The van der Waals surface area contributed by atoms with Crippen LogP contribution in [0.15, 0.2) is 92.5 Å². The van der Waals surface area contributed by atoms with E-state index in [4.69, 9.17) is 0 Å². The number of hydrogen-bond donors (Lipinski definition) is 3. The number of hydrogen-bond acceptors (Lipinski definition) is 5. The maximum absolute atomic E-state index is 13.1. The molecule has 38 heavy (non-hydrogen) atoms. The first-order valence-electron chi connectivity index (χ1n) is 12.3. The summed E-state index contributed by atoms with van der Waals surface area (Å²) in [6.07, 6.45) is 4.46. The van der Waals surface area contributed by atoms with Crippen LogP contribution in [0.5, 0.6) is 0 Å². The number of anilines is 1. The zero-order chi connectivity index (χ0) is 27.1. The van der Waals surface area contributed by atoms with Crippen molar-refractivity contribution in [2.75, 3.05) is 5.43 Å². The second-order valence-corrected chi connectivity index (χ2v) is 10.2. The minimum atomic E-state index is -3.91. The van der Waals surface area contributed by atoms with Crippen LogP contribution in [0.1, 0.15) is 36.2 Å². The van der Waals surface area contributed by atoms with Gasteiger partial charge >= 0.3 is 0 Å². The van der Waals surface area contributed by atoms with E-state index in [0.29, 0.717) is 22.6 Å². The van der Waals surface area contributed by atoms with E-state index in [-0.39, 0.29) is 10.5 Å². The molecule has 196 valence electrons. The van der Waals surface area contributed by atoms with Gasteiger partial charge in [-0.05, 0) is 61.2 Å². The van der Waals surface area contributed by atoms with E-state index in [0.717, 1.165) is 29.7 Å². The molecule has 3 N–H and O–H groups in total. The van der Waals surface area contributed by atoms with Gasteiger partial charge in [-0.1, -0.05) is 56.3 Å². The number of sulfonamides is 1. The highest BCUT2D eigenvalue weighted by Crippen LogP contribution is 2.19. The van der Waals surface area contributed by atoms with Crippen molar-refractivity contribution in [2.45, 2.75) is 38.5 Å². The Bertz CT molecular complexity index is 1650. The van der Waals surface area contributed by atoms with Gasteiger partial charge in [0.2, 0.25) is 0 Å². The van der Waals surface area contributed by atoms with Crippen molar-refractivity contribution >= 4 is 34.0 Å². The van der Waals surface area contributed by atoms with E-state index in [1.54, 1.807) is 25.1 Å². The van der Waals surface area contributed by atoms with Gasteiger partial charge in [0.1, 0.15) is 6.34 Å². The Labute approximate surface area is 222 Å². The van der Waals surface area contributed by atoms with Crippen LogP contribution in [0.4, 0.5) is 11.4 Å². The largest absolute Gasteiger partial charge is 0.308 e. The number of aromatic nitrogens is 2. The molecule has 1 aromatic heterocycles. The third-order valence-corrected chi connectivity index (χ3v) is 7.31. The van der Waals surface area contributed by atoms with Crippen molar-refractivity contribution in [3.63, 3.8) is 0 Å². The molecule has 4 rings (SSSR count). The van der Waals surface area contributed by atoms with Crippen molar-refractivity contribution < 1.29 is 8.42 Å². The van der Waals surface area contributed by atoms with Crippen molar-refractivity contribution in [3.8, 4) is 5.69 Å². The second-order valence-electron chi connectivity index (χ2n) is 8.53. The maximum Gasteiger partial charge on any atom is 0.280 e. The summed E-state index contributed by atoms with van der Waals surface area (Å²) in [7, 11) is -3.91. The molecule has 1 heterocycles. The van der Waals surface area contributed by atoms with Crippen LogP contribution < -0.4 is 15.8 Å². The van der Waals surface area contributed by atoms with Crippen LogP contribution in [0.2, 0.25) is 0 Å². The lowest BCUT2D eigenvalue weighted by Crippen LogP contribution is -2.30. The number of nitrogens with zero attached hydrogens (tertiary/aromatic N) is 3. The number of rotatable bonds is 10. The number of benzene rings is 3. The fourth-order valence-corrected chi connectivity index (χ4v) is 4.85. The van der Waals surface area contributed by atoms with E-state index in [1.165, 1.54) is 29.4 Å². The zero-order valence-corrected chi connectivity index (χ0v) is 22.3. The molecule has 3 aromatic carbocycles. The van der Waals surface area contributed by atoms with Crippen molar-refractivity contribution in [2.24, 2.45) is 9.98 Å². The van der Waals surface area contributed by atoms with Crippen molar-refractivity contribution in [1.82, 2.24) is 14.6 Å². The Kier molecular flexibility index (Phi) is 8.35. The Hall–Kier alpha value is -4.28. The molecule has 4 aromatic rings. The summed E-state index contributed by atoms with van der Waals surface area (Å²) in [5.41, 5.74) is 7.34. The summed E-state index contributed by atoms with van der Waals surface area (Å²) in [5.74, 6) is 0. The van der Waals surface area contributed by atoms with Gasteiger partial charge in [0.25, 0.3) is 15.6 Å². The van der Waals surface area contributed by atoms with Gasteiger partial charge in [0.05, 0.1) is 27.5 Å². The Morgan fingerprint density at radius 1 is 0.947 bits per heavy atom. The zero-order valence-electron chi connectivity index (χ0n) is 21.5. The third kappa shape index (κ3) is 5.99. The first-order chi connectivity index (χ1) is 18.3. The van der Waals surface area contributed by atoms with E-state index in [9.17, 15) is 13.2 Å². The molecule has 0 amide bonds. The van der Waals surface area contributed by atoms with Gasteiger partial charge in [-0.15, -0.1) is 4.83 Å². The number of aliphatic imine (C=N–C) groups is 2. The molecule has 0 aliphatic heterocycles. The topological polar surface area (TPSA) is 121 Å². The van der Waals surface area contributed by atoms with Crippen molar-refractivity contribution in [3.05, 3.63) is 106 Å². The van der Waals surface area contributed by atoms with E-state index >= 15 is 0 Å². The van der Waals surface area contributed by atoms with E-state index in [2.05, 4.69) is 32.3 Å². The summed E-state index contributed by atoms with van der Waals surface area (Å²) in [4.78, 5) is 24.1. The molecule has 0 atom stereocenters. The average Bonchev–Trinajstić information content (AvgIpc) is 3.23. The smallest absolute Gasteiger partial charge is 0.280 e. The Morgan fingerprint density at radius 2 is 1.66 bits per heavy atom. The normalized spacial score (nSPS) is 12.0. The first-order valence-corrected chi connectivity index (χ1v) is 13.7. The molecular formula is C28H30N6O3S. The fraction of sp³-hybridized carbons (Fsp3) is 0.179. The van der Waals surface area contributed by atoms with Crippen LogP contribution in [-0.4, -0.2) is 30.8 Å². The summed E-state index contributed by atoms with van der Waals surface area (Å²) >= 11 is 0. The predicted molar refractivity (Wildman–Crippen MR) is 152 cm³/mol. The number of hydrazine groups is 1. The molecule has 0 aliphatic rings. The van der Waals surface area contributed by atoms with Crippen LogP contribution in [0.25, 0.3) is 5.69 Å². The number of nitrogens with one attached hydrogen (secondary N) is 3. The molecule has 0 radical (unpaired) electrons. The van der Waals surface area contributed by atoms with Gasteiger partial charge < -0.3 is 5.43 Å². The molecule has 0 fully saturated rings. The van der Waals surface area contributed by atoms with Crippen LogP contribution >= 0.6 is 0 Å². The minimum absolute atomic E-state index is 0.00701. The molecule has 0 bridgehead atoms. The predicted octanol–water partition coefficient (Wildman–Crippen LogP) is 4.68. The molecule has 9 nitrogen and oxygen atoms in total. The summed E-state index contributed by atoms with van der Waals surface area (Å²) in [5, 5.41) is 3.00. The monoisotopic (exact) mass is 530 g/mol. The quantitative estimate of drug-likeness (QED) is 0.157. The second kappa shape index (κ2) is 11.8. The highest BCUT2D eigenvalue weighted by Gasteiger charge is 2.17. The SMILES string of the molecule is CCc1ccccc1N=CN=Cc1c(C)[nH]n(-c2cccc(S(=O)(=O)NNc3ccccc3CC)c2)c1=O. The summed E-state index contributed by atoms with van der Waals surface area (Å²) in [6.45, 7) is 5.80. The molecule has 0 aliphatic carbocycles. The fourth-order valence-electron chi connectivity index (χ4n) is 3.95. The summed E-state index contributed by atoms with van der Waals surface area (Å²) in [6, 6.07) is 21.4. The molecule has 0 saturated carbocycles. The Morgan fingerprint density at radius 3 is 2.42 bits per heavy atom. The van der Waals surface area contributed by atoms with Gasteiger partial charge in [0, 0.05) is 11.9 Å². The molecule has 0 spiro atoms. The lowest BCUT2D eigenvalue weighted by molar-refractivity contribution is 0.587. The van der Waals surface area contributed by atoms with E-state index in [1.807, 2.05) is 49.4 Å². The van der Waals surface area contributed by atoms with Crippen LogP contribution in [0, 0.1) is 6.92 Å². The Balaban J connectivity index is 1.55. The number of para-hydroxylation sites is 2. The molecule has 0 unspecified atom stereocenters. The molecular weight excluding hydrogens is 500 g/mol. The standard InChI is InChI=1S/C28H30N6O3S/c1-4-21-11-6-8-15-26(21)30-19-29-18-25-20(3)32-34(28(25)35)23-13-10-14-24(17-23)38(36,37)33-31-27-16-9-7-12-22(27)5-2/h6-19,31-33H,4-5H2,1-3H3. The van der Waals surface area contributed by atoms with Crippen molar-refractivity contribution in [1.29, 1.82) is 0 Å². The summed E-state index contributed by atoms with van der Waals surface area (Å²) < 4.78 is 27.2. The lowest BCUT2D eigenvalue weighted by Gasteiger charge is -2.13. The molecule has 0 saturated heterocycles. The van der Waals surface area contributed by atoms with Gasteiger partial charge in [0.15, 0.2) is 0 Å². The van der Waals surface area contributed by atoms with Crippen LogP contribution in [0.3, 0.4) is 0 Å². The van der Waals surface area contributed by atoms with Gasteiger partial charge in [-0.3, -0.25) is 9.89 Å². The minimum Gasteiger partial charge on any atom is -0.308 e. The highest BCUT2D eigenvalue weighted by molar-refractivity contribution is 7.89.